The SMILES string of the molecule is C/C=C(/CCCNCCC(C)C)NNCC(C)C(O)C(O)C(O)C(C)C. The van der Waals surface area contributed by atoms with Crippen molar-refractivity contribution in [3.63, 3.8) is 0 Å². The molecule has 0 rings (SSSR count). The summed E-state index contributed by atoms with van der Waals surface area (Å²) >= 11 is 0. The Bertz CT molecular complexity index is 375. The van der Waals surface area contributed by atoms with E-state index >= 15 is 0 Å². The van der Waals surface area contributed by atoms with E-state index in [9.17, 15) is 15.3 Å². The molecule has 0 aliphatic carbocycles. The van der Waals surface area contributed by atoms with Crippen LogP contribution in [0.5, 0.6) is 0 Å². The van der Waals surface area contributed by atoms with Crippen molar-refractivity contribution in [1.82, 2.24) is 16.2 Å². The van der Waals surface area contributed by atoms with E-state index in [4.69, 9.17) is 0 Å². The molecular formula is C20H43N3O3. The van der Waals surface area contributed by atoms with Crippen LogP contribution in [0.4, 0.5) is 0 Å². The standard InChI is InChI=1S/C20H43N3O3/c1-7-17(9-8-11-21-12-10-14(2)3)23-22-13-16(6)19(25)20(26)18(24)15(4)5/h7,14-16,18-26H,8-13H2,1-6H3/b17-7-. The largest absolute Gasteiger partial charge is 0.390 e. The highest BCUT2D eigenvalue weighted by molar-refractivity contribution is 4.96. The predicted molar refractivity (Wildman–Crippen MR) is 108 cm³/mol. The Morgan fingerprint density at radius 2 is 1.58 bits per heavy atom. The number of rotatable bonds is 15. The van der Waals surface area contributed by atoms with Crippen molar-refractivity contribution in [3.8, 4) is 0 Å². The zero-order valence-electron chi connectivity index (χ0n) is 17.6. The lowest BCUT2D eigenvalue weighted by molar-refractivity contribution is -0.0920. The number of allylic oxidation sites excluding steroid dienone is 2. The van der Waals surface area contributed by atoms with Gasteiger partial charge in [0.15, 0.2) is 0 Å². The molecule has 0 radical (unpaired) electrons. The van der Waals surface area contributed by atoms with Crippen LogP contribution in [0.25, 0.3) is 0 Å². The lowest BCUT2D eigenvalue weighted by atomic mass is 9.91. The van der Waals surface area contributed by atoms with Crippen LogP contribution >= 0.6 is 0 Å². The molecule has 0 saturated carbocycles. The van der Waals surface area contributed by atoms with Gasteiger partial charge in [0.25, 0.3) is 0 Å². The molecule has 26 heavy (non-hydrogen) atoms. The van der Waals surface area contributed by atoms with Gasteiger partial charge in [0.1, 0.15) is 6.10 Å². The van der Waals surface area contributed by atoms with E-state index in [1.165, 1.54) is 6.42 Å². The third-order valence-corrected chi connectivity index (χ3v) is 4.69. The molecule has 0 fully saturated rings. The zero-order chi connectivity index (χ0) is 20.1. The molecular weight excluding hydrogens is 330 g/mol. The highest BCUT2D eigenvalue weighted by atomic mass is 16.4. The van der Waals surface area contributed by atoms with Crippen LogP contribution in [-0.2, 0) is 0 Å². The zero-order valence-corrected chi connectivity index (χ0v) is 17.6. The Balaban J connectivity index is 4.00. The molecule has 6 heteroatoms. The van der Waals surface area contributed by atoms with E-state index in [0.717, 1.165) is 37.5 Å². The van der Waals surface area contributed by atoms with E-state index in [0.29, 0.717) is 6.54 Å². The van der Waals surface area contributed by atoms with Crippen molar-refractivity contribution in [1.29, 1.82) is 0 Å². The molecule has 0 heterocycles. The summed E-state index contributed by atoms with van der Waals surface area (Å²) in [5, 5.41) is 33.6. The number of hydrogen-bond donors (Lipinski definition) is 6. The van der Waals surface area contributed by atoms with Gasteiger partial charge in [-0.3, -0.25) is 0 Å². The van der Waals surface area contributed by atoms with Gasteiger partial charge in [-0.15, -0.1) is 0 Å². The fourth-order valence-corrected chi connectivity index (χ4v) is 2.58. The lowest BCUT2D eigenvalue weighted by Gasteiger charge is -2.29. The Kier molecular flexibility index (Phi) is 14.0. The van der Waals surface area contributed by atoms with Crippen LogP contribution in [0, 0.1) is 17.8 Å². The van der Waals surface area contributed by atoms with Gasteiger partial charge >= 0.3 is 0 Å². The summed E-state index contributed by atoms with van der Waals surface area (Å²) in [6, 6.07) is 0. The molecule has 6 nitrogen and oxygen atoms in total. The van der Waals surface area contributed by atoms with Crippen LogP contribution in [0.3, 0.4) is 0 Å². The second-order valence-electron chi connectivity index (χ2n) is 8.05. The second kappa shape index (κ2) is 14.4. The number of aliphatic hydroxyl groups is 3. The van der Waals surface area contributed by atoms with Gasteiger partial charge in [-0.1, -0.05) is 40.7 Å². The van der Waals surface area contributed by atoms with E-state index < -0.39 is 18.3 Å². The average molecular weight is 374 g/mol. The number of nitrogens with one attached hydrogen (secondary N) is 3. The number of hydrogen-bond acceptors (Lipinski definition) is 6. The third-order valence-electron chi connectivity index (χ3n) is 4.69. The maximum Gasteiger partial charge on any atom is 0.106 e. The monoisotopic (exact) mass is 373 g/mol. The topological polar surface area (TPSA) is 96.8 Å². The van der Waals surface area contributed by atoms with Gasteiger partial charge in [-0.25, -0.2) is 5.43 Å². The minimum atomic E-state index is -1.13. The molecule has 0 aromatic carbocycles. The van der Waals surface area contributed by atoms with Crippen LogP contribution in [0.2, 0.25) is 0 Å². The fraction of sp³-hybridized carbons (Fsp3) is 0.900. The number of hydrazine groups is 1. The second-order valence-corrected chi connectivity index (χ2v) is 8.05. The minimum Gasteiger partial charge on any atom is -0.390 e. The summed E-state index contributed by atoms with van der Waals surface area (Å²) in [5.74, 6) is 0.445. The molecule has 0 aromatic rings. The van der Waals surface area contributed by atoms with E-state index in [1.807, 2.05) is 33.8 Å². The van der Waals surface area contributed by atoms with Gasteiger partial charge < -0.3 is 26.1 Å². The summed E-state index contributed by atoms with van der Waals surface area (Å²) in [6.07, 6.45) is 2.22. The molecule has 0 bridgehead atoms. The lowest BCUT2D eigenvalue weighted by Crippen LogP contribution is -2.47. The molecule has 0 saturated heterocycles. The maximum absolute atomic E-state index is 10.2. The van der Waals surface area contributed by atoms with Crippen molar-refractivity contribution in [3.05, 3.63) is 11.8 Å². The normalized spacial score (nSPS) is 17.4. The van der Waals surface area contributed by atoms with Gasteiger partial charge in [0, 0.05) is 12.2 Å². The Morgan fingerprint density at radius 1 is 0.923 bits per heavy atom. The third kappa shape index (κ3) is 11.1. The summed E-state index contributed by atoms with van der Waals surface area (Å²) in [6.45, 7) is 14.5. The Morgan fingerprint density at radius 3 is 2.12 bits per heavy atom. The van der Waals surface area contributed by atoms with Crippen molar-refractivity contribution in [2.24, 2.45) is 17.8 Å². The van der Waals surface area contributed by atoms with Gasteiger partial charge in [0.05, 0.1) is 12.2 Å². The molecule has 156 valence electrons. The first-order chi connectivity index (χ1) is 12.2. The Labute approximate surface area is 160 Å². The highest BCUT2D eigenvalue weighted by Gasteiger charge is 2.30. The van der Waals surface area contributed by atoms with Gasteiger partial charge in [-0.2, -0.15) is 0 Å². The molecule has 0 aliphatic rings. The average Bonchev–Trinajstić information content (AvgIpc) is 2.60. The Hall–Kier alpha value is -0.660. The molecule has 6 N–H and O–H groups in total. The molecule has 0 aliphatic heterocycles. The van der Waals surface area contributed by atoms with E-state index in [-0.39, 0.29) is 11.8 Å². The minimum absolute atomic E-state index is 0.0956. The van der Waals surface area contributed by atoms with Crippen molar-refractivity contribution in [2.45, 2.75) is 79.1 Å². The van der Waals surface area contributed by atoms with Crippen LogP contribution in [-0.4, -0.2) is 53.3 Å². The number of aliphatic hydroxyl groups excluding tert-OH is 3. The first-order valence-electron chi connectivity index (χ1n) is 10.1. The summed E-state index contributed by atoms with van der Waals surface area (Å²) in [4.78, 5) is 0. The van der Waals surface area contributed by atoms with E-state index in [1.54, 1.807) is 0 Å². The summed E-state index contributed by atoms with van der Waals surface area (Å²) in [7, 11) is 0. The van der Waals surface area contributed by atoms with Gasteiger partial charge in [0.2, 0.25) is 0 Å². The van der Waals surface area contributed by atoms with Crippen LogP contribution in [0.15, 0.2) is 11.8 Å². The maximum atomic E-state index is 10.2. The quantitative estimate of drug-likeness (QED) is 0.193. The highest BCUT2D eigenvalue weighted by Crippen LogP contribution is 2.15. The summed E-state index contributed by atoms with van der Waals surface area (Å²) in [5.41, 5.74) is 7.41. The smallest absolute Gasteiger partial charge is 0.106 e. The molecule has 4 atom stereocenters. The van der Waals surface area contributed by atoms with Crippen LogP contribution in [0.1, 0.15) is 60.8 Å². The molecule has 0 aromatic heterocycles. The van der Waals surface area contributed by atoms with Gasteiger partial charge in [-0.05, 0) is 57.0 Å². The molecule has 4 unspecified atom stereocenters. The first kappa shape index (κ1) is 25.3. The summed E-state index contributed by atoms with van der Waals surface area (Å²) < 4.78 is 0. The molecule has 0 amide bonds. The van der Waals surface area contributed by atoms with Crippen LogP contribution < -0.4 is 16.2 Å². The predicted octanol–water partition coefficient (Wildman–Crippen LogP) is 1.78. The first-order valence-corrected chi connectivity index (χ1v) is 10.1. The van der Waals surface area contributed by atoms with Crippen molar-refractivity contribution >= 4 is 0 Å². The fourth-order valence-electron chi connectivity index (χ4n) is 2.58. The molecule has 0 spiro atoms. The van der Waals surface area contributed by atoms with Crippen molar-refractivity contribution < 1.29 is 15.3 Å². The van der Waals surface area contributed by atoms with E-state index in [2.05, 4.69) is 30.0 Å². The van der Waals surface area contributed by atoms with Crippen molar-refractivity contribution in [2.75, 3.05) is 19.6 Å².